The maximum absolute atomic E-state index is 12.5. The SMILES string of the molecule is COc1nc(N2CCC(N(C)C(=O)c3cnn(C)c3)CC2)ncc1Br. The highest BCUT2D eigenvalue weighted by molar-refractivity contribution is 9.10. The summed E-state index contributed by atoms with van der Waals surface area (Å²) >= 11 is 3.36. The third-order valence-electron chi connectivity index (χ3n) is 4.46. The fraction of sp³-hybridized carbons (Fsp3) is 0.500. The highest BCUT2D eigenvalue weighted by Crippen LogP contribution is 2.26. The second-order valence-corrected chi connectivity index (χ2v) is 6.92. The van der Waals surface area contributed by atoms with E-state index in [4.69, 9.17) is 4.74 Å². The van der Waals surface area contributed by atoms with Crippen LogP contribution in [0.15, 0.2) is 23.1 Å². The predicted octanol–water partition coefficient (Wildman–Crippen LogP) is 1.72. The normalized spacial score (nSPS) is 15.3. The van der Waals surface area contributed by atoms with Gasteiger partial charge in [-0.1, -0.05) is 0 Å². The van der Waals surface area contributed by atoms with Crippen molar-refractivity contribution in [2.24, 2.45) is 7.05 Å². The zero-order valence-corrected chi connectivity index (χ0v) is 16.1. The average Bonchev–Trinajstić information content (AvgIpc) is 3.07. The molecule has 0 aromatic carbocycles. The number of aromatic nitrogens is 4. The van der Waals surface area contributed by atoms with Crippen molar-refractivity contribution < 1.29 is 9.53 Å². The Bertz CT molecular complexity index is 757. The number of anilines is 1. The van der Waals surface area contributed by atoms with Gasteiger partial charge in [0.05, 0.1) is 29.5 Å². The summed E-state index contributed by atoms with van der Waals surface area (Å²) in [5.74, 6) is 1.18. The molecule has 2 aromatic rings. The van der Waals surface area contributed by atoms with Gasteiger partial charge in [-0.25, -0.2) is 4.98 Å². The van der Waals surface area contributed by atoms with Gasteiger partial charge in [-0.2, -0.15) is 10.1 Å². The number of hydrogen-bond donors (Lipinski definition) is 0. The number of hydrogen-bond acceptors (Lipinski definition) is 6. The first-order valence-corrected chi connectivity index (χ1v) is 8.86. The molecule has 1 fully saturated rings. The average molecular weight is 409 g/mol. The Morgan fingerprint density at radius 3 is 2.68 bits per heavy atom. The summed E-state index contributed by atoms with van der Waals surface area (Å²) in [6.45, 7) is 1.58. The van der Waals surface area contributed by atoms with Crippen molar-refractivity contribution in [1.29, 1.82) is 0 Å². The number of amides is 1. The van der Waals surface area contributed by atoms with Gasteiger partial charge in [-0.15, -0.1) is 0 Å². The van der Waals surface area contributed by atoms with Crippen molar-refractivity contribution in [2.75, 3.05) is 32.1 Å². The van der Waals surface area contributed by atoms with Gasteiger partial charge < -0.3 is 14.5 Å². The van der Waals surface area contributed by atoms with Gasteiger partial charge >= 0.3 is 0 Å². The minimum Gasteiger partial charge on any atom is -0.480 e. The molecule has 0 spiro atoms. The first kappa shape index (κ1) is 17.7. The second-order valence-electron chi connectivity index (χ2n) is 6.06. The quantitative estimate of drug-likeness (QED) is 0.766. The van der Waals surface area contributed by atoms with Crippen molar-refractivity contribution in [3.63, 3.8) is 0 Å². The molecular formula is C16H21BrN6O2. The number of aryl methyl sites for hydroxylation is 1. The molecule has 2 aromatic heterocycles. The van der Waals surface area contributed by atoms with Gasteiger partial charge in [0.15, 0.2) is 0 Å². The van der Waals surface area contributed by atoms with E-state index < -0.39 is 0 Å². The molecule has 0 saturated carbocycles. The summed E-state index contributed by atoms with van der Waals surface area (Å²) in [6, 6.07) is 0.196. The molecule has 1 amide bonds. The molecule has 3 heterocycles. The molecule has 3 rings (SSSR count). The first-order chi connectivity index (χ1) is 12.0. The van der Waals surface area contributed by atoms with E-state index in [-0.39, 0.29) is 11.9 Å². The standard InChI is InChI=1S/C16H21BrN6O2/c1-21-10-11(8-19-21)15(24)22(2)12-4-6-23(7-5-12)16-18-9-13(17)14(20-16)25-3/h8-10,12H,4-7H2,1-3H3. The predicted molar refractivity (Wildman–Crippen MR) is 96.8 cm³/mol. The second kappa shape index (κ2) is 7.38. The van der Waals surface area contributed by atoms with Crippen LogP contribution in [-0.4, -0.2) is 63.8 Å². The highest BCUT2D eigenvalue weighted by Gasteiger charge is 2.27. The van der Waals surface area contributed by atoms with Crippen LogP contribution in [0.3, 0.4) is 0 Å². The molecule has 0 atom stereocenters. The fourth-order valence-electron chi connectivity index (χ4n) is 2.99. The maximum atomic E-state index is 12.5. The highest BCUT2D eigenvalue weighted by atomic mass is 79.9. The Labute approximate surface area is 154 Å². The lowest BCUT2D eigenvalue weighted by molar-refractivity contribution is 0.0709. The Morgan fingerprint density at radius 2 is 2.08 bits per heavy atom. The monoisotopic (exact) mass is 408 g/mol. The van der Waals surface area contributed by atoms with Crippen LogP contribution in [0.25, 0.3) is 0 Å². The molecule has 1 aliphatic heterocycles. The number of methoxy groups -OCH3 is 1. The minimum atomic E-state index is 0.00751. The third-order valence-corrected chi connectivity index (χ3v) is 5.00. The molecule has 1 saturated heterocycles. The Balaban J connectivity index is 1.62. The van der Waals surface area contributed by atoms with Crippen LogP contribution in [0.2, 0.25) is 0 Å². The molecule has 1 aliphatic rings. The molecule has 0 aliphatic carbocycles. The summed E-state index contributed by atoms with van der Waals surface area (Å²) in [4.78, 5) is 25.3. The van der Waals surface area contributed by atoms with Crippen molar-refractivity contribution >= 4 is 27.8 Å². The van der Waals surface area contributed by atoms with Crippen LogP contribution in [0.5, 0.6) is 5.88 Å². The molecule has 0 unspecified atom stereocenters. The largest absolute Gasteiger partial charge is 0.480 e. The minimum absolute atomic E-state index is 0.00751. The van der Waals surface area contributed by atoms with Crippen LogP contribution >= 0.6 is 15.9 Å². The lowest BCUT2D eigenvalue weighted by Gasteiger charge is -2.36. The number of nitrogens with zero attached hydrogens (tertiary/aromatic N) is 6. The van der Waals surface area contributed by atoms with E-state index >= 15 is 0 Å². The van der Waals surface area contributed by atoms with Gasteiger partial charge in [0.1, 0.15) is 0 Å². The van der Waals surface area contributed by atoms with E-state index in [9.17, 15) is 4.79 Å². The van der Waals surface area contributed by atoms with Crippen molar-refractivity contribution in [3.8, 4) is 5.88 Å². The number of halogens is 1. The summed E-state index contributed by atoms with van der Waals surface area (Å²) in [6.07, 6.45) is 6.78. The third kappa shape index (κ3) is 3.76. The first-order valence-electron chi connectivity index (χ1n) is 8.07. The molecule has 9 heteroatoms. The Hall–Kier alpha value is -2.16. The van der Waals surface area contributed by atoms with Crippen LogP contribution in [-0.2, 0) is 7.05 Å². The molecule has 0 radical (unpaired) electrons. The number of carbonyl (C=O) groups excluding carboxylic acids is 1. The van der Waals surface area contributed by atoms with E-state index in [1.54, 1.807) is 30.4 Å². The van der Waals surface area contributed by atoms with Crippen molar-refractivity contribution in [1.82, 2.24) is 24.6 Å². The Morgan fingerprint density at radius 1 is 1.36 bits per heavy atom. The summed E-state index contributed by atoms with van der Waals surface area (Å²) in [5, 5.41) is 4.07. The number of rotatable bonds is 4. The summed E-state index contributed by atoms with van der Waals surface area (Å²) < 4.78 is 7.61. The van der Waals surface area contributed by atoms with Crippen molar-refractivity contribution in [2.45, 2.75) is 18.9 Å². The molecule has 134 valence electrons. The van der Waals surface area contributed by atoms with Gasteiger partial charge in [-0.3, -0.25) is 9.48 Å². The van der Waals surface area contributed by atoms with E-state index in [2.05, 4.69) is 35.9 Å². The number of carbonyl (C=O) groups is 1. The number of piperidine rings is 1. The zero-order valence-electron chi connectivity index (χ0n) is 14.5. The molecule has 25 heavy (non-hydrogen) atoms. The van der Waals surface area contributed by atoms with Gasteiger partial charge in [-0.05, 0) is 28.8 Å². The lowest BCUT2D eigenvalue weighted by Crippen LogP contribution is -2.46. The van der Waals surface area contributed by atoms with Gasteiger partial charge in [0, 0.05) is 39.4 Å². The van der Waals surface area contributed by atoms with Crippen molar-refractivity contribution in [3.05, 3.63) is 28.6 Å². The summed E-state index contributed by atoms with van der Waals surface area (Å²) in [7, 11) is 5.25. The number of ether oxygens (including phenoxy) is 1. The van der Waals surface area contributed by atoms with Crippen LogP contribution in [0, 0.1) is 0 Å². The van der Waals surface area contributed by atoms with E-state index in [1.807, 2.05) is 19.0 Å². The smallest absolute Gasteiger partial charge is 0.257 e. The van der Waals surface area contributed by atoms with Crippen LogP contribution in [0.1, 0.15) is 23.2 Å². The van der Waals surface area contributed by atoms with E-state index in [0.717, 1.165) is 30.4 Å². The Kier molecular flexibility index (Phi) is 5.22. The molecule has 0 bridgehead atoms. The van der Waals surface area contributed by atoms with Crippen LogP contribution in [0.4, 0.5) is 5.95 Å². The zero-order chi connectivity index (χ0) is 18.0. The molecular weight excluding hydrogens is 388 g/mol. The molecule has 0 N–H and O–H groups in total. The fourth-order valence-corrected chi connectivity index (χ4v) is 3.35. The maximum Gasteiger partial charge on any atom is 0.257 e. The van der Waals surface area contributed by atoms with E-state index in [0.29, 0.717) is 17.4 Å². The molecule has 8 nitrogen and oxygen atoms in total. The topological polar surface area (TPSA) is 76.4 Å². The lowest BCUT2D eigenvalue weighted by atomic mass is 10.0. The van der Waals surface area contributed by atoms with E-state index in [1.165, 1.54) is 0 Å². The summed E-state index contributed by atoms with van der Waals surface area (Å²) in [5.41, 5.74) is 0.619. The van der Waals surface area contributed by atoms with Gasteiger partial charge in [0.2, 0.25) is 11.8 Å². The van der Waals surface area contributed by atoms with Gasteiger partial charge in [0.25, 0.3) is 5.91 Å². The van der Waals surface area contributed by atoms with Crippen LogP contribution < -0.4 is 9.64 Å².